The van der Waals surface area contributed by atoms with Crippen LogP contribution in [0.5, 0.6) is 11.5 Å². The average molecular weight is 423 g/mol. The number of benzene rings is 2. The molecular weight excluding hydrogens is 402 g/mol. The first-order valence-corrected chi connectivity index (χ1v) is 10.2. The number of urea groups is 1. The molecule has 154 valence electrons. The molecule has 8 heteroatoms. The van der Waals surface area contributed by atoms with E-state index >= 15 is 0 Å². The maximum atomic E-state index is 13.2. The molecule has 1 atom stereocenters. The van der Waals surface area contributed by atoms with E-state index < -0.39 is 11.6 Å². The van der Waals surface area contributed by atoms with Crippen LogP contribution >= 0.6 is 11.3 Å². The van der Waals surface area contributed by atoms with Crippen molar-refractivity contribution in [2.75, 3.05) is 14.2 Å². The summed E-state index contributed by atoms with van der Waals surface area (Å²) < 4.78 is 10.6. The second-order valence-electron chi connectivity index (χ2n) is 7.03. The molecule has 0 bridgehead atoms. The largest absolute Gasteiger partial charge is 0.493 e. The number of rotatable bonds is 6. The summed E-state index contributed by atoms with van der Waals surface area (Å²) in [6.07, 6.45) is 0. The predicted molar refractivity (Wildman–Crippen MR) is 114 cm³/mol. The number of ether oxygens (including phenoxy) is 2. The van der Waals surface area contributed by atoms with Crippen LogP contribution in [0.2, 0.25) is 0 Å². The van der Waals surface area contributed by atoms with E-state index in [-0.39, 0.29) is 12.5 Å². The van der Waals surface area contributed by atoms with Gasteiger partial charge in [-0.05, 0) is 24.6 Å². The van der Waals surface area contributed by atoms with Crippen molar-refractivity contribution in [2.24, 2.45) is 0 Å². The van der Waals surface area contributed by atoms with Gasteiger partial charge in [-0.25, -0.2) is 9.78 Å². The molecule has 3 amide bonds. The topological polar surface area (TPSA) is 80.8 Å². The second kappa shape index (κ2) is 7.79. The van der Waals surface area contributed by atoms with Crippen LogP contribution in [0.1, 0.15) is 18.2 Å². The molecular formula is C22H21N3O4S. The molecule has 1 aliphatic heterocycles. The standard InChI is InChI=1S/C22H21N3O4S/c1-22(15-9-10-17(28-2)18(11-15)29-3)20(26)25(21(27)24-22)12-16-13-30-19(23-16)14-7-5-4-6-8-14/h4-11,13H,12H2,1-3H3,(H,24,27)/t22-/m0/s1. The molecule has 4 rings (SSSR count). The van der Waals surface area contributed by atoms with Crippen LogP contribution in [0.3, 0.4) is 0 Å². The number of hydrogen-bond acceptors (Lipinski definition) is 6. The fraction of sp³-hybridized carbons (Fsp3) is 0.227. The molecule has 0 radical (unpaired) electrons. The van der Waals surface area contributed by atoms with Gasteiger partial charge in [-0.15, -0.1) is 11.3 Å². The quantitative estimate of drug-likeness (QED) is 0.610. The number of imide groups is 1. The molecule has 0 saturated carbocycles. The second-order valence-corrected chi connectivity index (χ2v) is 7.88. The van der Waals surface area contributed by atoms with Crippen molar-refractivity contribution in [2.45, 2.75) is 19.0 Å². The number of carbonyl (C=O) groups is 2. The summed E-state index contributed by atoms with van der Waals surface area (Å²) in [6.45, 7) is 1.79. The van der Waals surface area contributed by atoms with E-state index in [1.807, 2.05) is 35.7 Å². The first-order chi connectivity index (χ1) is 14.5. The number of thiazole rings is 1. The van der Waals surface area contributed by atoms with Gasteiger partial charge < -0.3 is 14.8 Å². The van der Waals surface area contributed by atoms with E-state index in [0.29, 0.717) is 22.8 Å². The molecule has 1 saturated heterocycles. The Morgan fingerprint density at radius 3 is 2.50 bits per heavy atom. The number of aromatic nitrogens is 1. The van der Waals surface area contributed by atoms with Crippen LogP contribution in [-0.4, -0.2) is 36.0 Å². The number of carbonyl (C=O) groups excluding carboxylic acids is 2. The van der Waals surface area contributed by atoms with Crippen molar-refractivity contribution < 1.29 is 19.1 Å². The van der Waals surface area contributed by atoms with E-state index in [1.165, 1.54) is 23.3 Å². The van der Waals surface area contributed by atoms with Crippen LogP contribution < -0.4 is 14.8 Å². The molecule has 0 unspecified atom stereocenters. The van der Waals surface area contributed by atoms with E-state index in [0.717, 1.165) is 10.6 Å². The molecule has 30 heavy (non-hydrogen) atoms. The van der Waals surface area contributed by atoms with Gasteiger partial charge in [-0.3, -0.25) is 9.69 Å². The minimum atomic E-state index is -1.20. The number of hydrogen-bond donors (Lipinski definition) is 1. The minimum Gasteiger partial charge on any atom is -0.493 e. The normalized spacial score (nSPS) is 18.4. The van der Waals surface area contributed by atoms with Gasteiger partial charge in [0.1, 0.15) is 10.5 Å². The highest BCUT2D eigenvalue weighted by atomic mass is 32.1. The average Bonchev–Trinajstić information content (AvgIpc) is 3.33. The lowest BCUT2D eigenvalue weighted by atomic mass is 9.91. The maximum absolute atomic E-state index is 13.2. The SMILES string of the molecule is COc1ccc([C@]2(C)NC(=O)N(Cc3csc(-c4ccccc4)n3)C2=O)cc1OC. The Balaban J connectivity index is 1.58. The van der Waals surface area contributed by atoms with E-state index in [9.17, 15) is 9.59 Å². The molecule has 3 aromatic rings. The molecule has 1 aliphatic rings. The highest BCUT2D eigenvalue weighted by Gasteiger charge is 2.49. The Bertz CT molecular complexity index is 1100. The minimum absolute atomic E-state index is 0.108. The highest BCUT2D eigenvalue weighted by Crippen LogP contribution is 2.36. The van der Waals surface area contributed by atoms with Gasteiger partial charge in [0.05, 0.1) is 26.5 Å². The summed E-state index contributed by atoms with van der Waals surface area (Å²) in [5, 5.41) is 5.53. The molecule has 0 spiro atoms. The predicted octanol–water partition coefficient (Wildman–Crippen LogP) is 3.79. The first-order valence-electron chi connectivity index (χ1n) is 9.32. The van der Waals surface area contributed by atoms with Crippen LogP contribution in [0.4, 0.5) is 4.79 Å². The number of nitrogens with one attached hydrogen (secondary N) is 1. The maximum Gasteiger partial charge on any atom is 0.325 e. The highest BCUT2D eigenvalue weighted by molar-refractivity contribution is 7.13. The van der Waals surface area contributed by atoms with Crippen molar-refractivity contribution in [1.82, 2.24) is 15.2 Å². The molecule has 1 aromatic heterocycles. The van der Waals surface area contributed by atoms with E-state index in [1.54, 1.807) is 32.2 Å². The molecule has 1 N–H and O–H groups in total. The van der Waals surface area contributed by atoms with E-state index in [2.05, 4.69) is 10.3 Å². The summed E-state index contributed by atoms with van der Waals surface area (Å²) >= 11 is 1.48. The summed E-state index contributed by atoms with van der Waals surface area (Å²) in [5.41, 5.74) is 1.08. The van der Waals surface area contributed by atoms with Crippen LogP contribution in [0.15, 0.2) is 53.9 Å². The molecule has 7 nitrogen and oxygen atoms in total. The number of methoxy groups -OCH3 is 2. The summed E-state index contributed by atoms with van der Waals surface area (Å²) in [4.78, 5) is 31.7. The summed E-state index contributed by atoms with van der Waals surface area (Å²) in [5.74, 6) is 0.701. The Morgan fingerprint density at radius 2 is 1.80 bits per heavy atom. The summed E-state index contributed by atoms with van der Waals surface area (Å²) in [6, 6.07) is 14.5. The monoisotopic (exact) mass is 423 g/mol. The zero-order valence-electron chi connectivity index (χ0n) is 16.8. The fourth-order valence-electron chi connectivity index (χ4n) is 3.44. The van der Waals surface area contributed by atoms with Gasteiger partial charge in [-0.1, -0.05) is 36.4 Å². The van der Waals surface area contributed by atoms with Crippen molar-refractivity contribution in [3.05, 3.63) is 65.2 Å². The lowest BCUT2D eigenvalue weighted by Crippen LogP contribution is -2.40. The van der Waals surface area contributed by atoms with Gasteiger partial charge in [0.15, 0.2) is 11.5 Å². The Morgan fingerprint density at radius 1 is 1.07 bits per heavy atom. The van der Waals surface area contributed by atoms with Crippen LogP contribution in [-0.2, 0) is 16.9 Å². The van der Waals surface area contributed by atoms with E-state index in [4.69, 9.17) is 9.47 Å². The third-order valence-electron chi connectivity index (χ3n) is 5.13. The fourth-order valence-corrected chi connectivity index (χ4v) is 4.26. The van der Waals surface area contributed by atoms with Crippen molar-refractivity contribution >= 4 is 23.3 Å². The van der Waals surface area contributed by atoms with Gasteiger partial charge in [0.25, 0.3) is 5.91 Å². The van der Waals surface area contributed by atoms with Crippen molar-refractivity contribution in [1.29, 1.82) is 0 Å². The third kappa shape index (κ3) is 3.39. The third-order valence-corrected chi connectivity index (χ3v) is 6.07. The molecule has 0 aliphatic carbocycles. The van der Waals surface area contributed by atoms with Gasteiger partial charge in [-0.2, -0.15) is 0 Å². The van der Waals surface area contributed by atoms with Gasteiger partial charge in [0, 0.05) is 10.9 Å². The lowest BCUT2D eigenvalue weighted by molar-refractivity contribution is -0.131. The Labute approximate surface area is 178 Å². The zero-order chi connectivity index (χ0) is 21.3. The lowest BCUT2D eigenvalue weighted by Gasteiger charge is -2.23. The number of amides is 3. The van der Waals surface area contributed by atoms with Crippen LogP contribution in [0.25, 0.3) is 10.6 Å². The number of nitrogens with zero attached hydrogens (tertiary/aromatic N) is 2. The molecule has 1 fully saturated rings. The Kier molecular flexibility index (Phi) is 5.17. The Hall–Kier alpha value is -3.39. The van der Waals surface area contributed by atoms with Gasteiger partial charge >= 0.3 is 6.03 Å². The zero-order valence-corrected chi connectivity index (χ0v) is 17.7. The molecule has 2 heterocycles. The van der Waals surface area contributed by atoms with Crippen molar-refractivity contribution in [3.8, 4) is 22.1 Å². The van der Waals surface area contributed by atoms with Gasteiger partial charge in [0.2, 0.25) is 0 Å². The first kappa shape index (κ1) is 19.9. The van der Waals surface area contributed by atoms with Crippen molar-refractivity contribution in [3.63, 3.8) is 0 Å². The summed E-state index contributed by atoms with van der Waals surface area (Å²) in [7, 11) is 3.07. The molecule has 2 aromatic carbocycles. The smallest absolute Gasteiger partial charge is 0.325 e. The van der Waals surface area contributed by atoms with Crippen LogP contribution in [0, 0.1) is 0 Å².